The lowest BCUT2D eigenvalue weighted by atomic mass is 10.2. The Morgan fingerprint density at radius 1 is 1.11 bits per heavy atom. The van der Waals surface area contributed by atoms with Crippen LogP contribution in [0, 0.1) is 0 Å². The number of carbonyl (C=O) groups is 1. The Bertz CT molecular complexity index is 867. The largest absolute Gasteiger partial charge is 0.459 e. The predicted molar refractivity (Wildman–Crippen MR) is 105 cm³/mol. The minimum Gasteiger partial charge on any atom is -0.459 e. The quantitative estimate of drug-likeness (QED) is 0.530. The lowest BCUT2D eigenvalue weighted by molar-refractivity contribution is 0.0714. The van der Waals surface area contributed by atoms with Crippen LogP contribution in [0.3, 0.4) is 0 Å². The fraction of sp³-hybridized carbons (Fsp3) is 0.235. The Balaban J connectivity index is 1.66. The van der Waals surface area contributed by atoms with Crippen molar-refractivity contribution in [3.8, 4) is 0 Å². The highest BCUT2D eigenvalue weighted by atomic mass is 35.5. The zero-order chi connectivity index (χ0) is 19.4. The number of anilines is 1. The molecular weight excluding hydrogens is 370 g/mol. The normalized spacial score (nSPS) is 14.9. The van der Waals surface area contributed by atoms with Crippen LogP contribution in [0.5, 0.6) is 0 Å². The first kappa shape index (κ1) is 18.6. The number of aliphatic imine (C=N–C) groups is 2. The van der Waals surface area contributed by atoms with Crippen molar-refractivity contribution in [3.63, 3.8) is 0 Å². The van der Waals surface area contributed by atoms with E-state index in [4.69, 9.17) is 33.2 Å². The van der Waals surface area contributed by atoms with Gasteiger partial charge in [0.1, 0.15) is 0 Å². The number of rotatable bonds is 3. The van der Waals surface area contributed by atoms with Crippen LogP contribution in [-0.4, -0.2) is 48.9 Å². The van der Waals surface area contributed by atoms with Gasteiger partial charge in [0.05, 0.1) is 22.7 Å². The number of amides is 1. The Morgan fingerprint density at radius 3 is 2.44 bits per heavy atom. The molecule has 2 heterocycles. The highest BCUT2D eigenvalue weighted by Crippen LogP contribution is 2.31. The topological polar surface area (TPSA) is 139 Å². The summed E-state index contributed by atoms with van der Waals surface area (Å²) in [5, 5.41) is 0.527. The van der Waals surface area contributed by atoms with Crippen molar-refractivity contribution in [2.75, 3.05) is 31.1 Å². The summed E-state index contributed by atoms with van der Waals surface area (Å²) < 4.78 is 5.17. The first-order chi connectivity index (χ1) is 12.9. The second-order valence-corrected chi connectivity index (χ2v) is 6.31. The fourth-order valence-electron chi connectivity index (χ4n) is 2.82. The molecule has 2 aromatic rings. The van der Waals surface area contributed by atoms with Crippen molar-refractivity contribution >= 4 is 40.8 Å². The van der Waals surface area contributed by atoms with Gasteiger partial charge >= 0.3 is 0 Å². The molecule has 1 aromatic heterocycles. The van der Waals surface area contributed by atoms with E-state index >= 15 is 0 Å². The molecule has 0 aliphatic carbocycles. The van der Waals surface area contributed by atoms with Crippen molar-refractivity contribution in [1.29, 1.82) is 0 Å². The molecule has 0 unspecified atom stereocenters. The summed E-state index contributed by atoms with van der Waals surface area (Å²) in [5.41, 5.74) is 17.6. The van der Waals surface area contributed by atoms with E-state index in [0.717, 1.165) is 5.69 Å². The van der Waals surface area contributed by atoms with Crippen molar-refractivity contribution in [3.05, 3.63) is 47.4 Å². The van der Waals surface area contributed by atoms with Crippen molar-refractivity contribution in [1.82, 2.24) is 4.90 Å². The highest BCUT2D eigenvalue weighted by molar-refractivity contribution is 6.33. The molecule has 9 nitrogen and oxygen atoms in total. The molecule has 0 saturated carbocycles. The third kappa shape index (κ3) is 4.50. The molecule has 1 saturated heterocycles. The second-order valence-electron chi connectivity index (χ2n) is 5.90. The molecule has 0 spiro atoms. The number of benzene rings is 1. The minimum absolute atomic E-state index is 0.0520. The zero-order valence-electron chi connectivity index (χ0n) is 14.5. The SMILES string of the molecule is NC(N)=NC(N)=Nc1ccc(N2CCN(C(=O)c3ccco3)CC2)c(Cl)c1. The molecule has 0 bridgehead atoms. The summed E-state index contributed by atoms with van der Waals surface area (Å²) in [6, 6.07) is 8.68. The summed E-state index contributed by atoms with van der Waals surface area (Å²) in [6.45, 7) is 2.47. The Morgan fingerprint density at radius 2 is 1.85 bits per heavy atom. The van der Waals surface area contributed by atoms with Gasteiger partial charge in [-0.1, -0.05) is 11.6 Å². The number of nitrogens with zero attached hydrogens (tertiary/aromatic N) is 4. The van der Waals surface area contributed by atoms with Gasteiger partial charge < -0.3 is 31.4 Å². The number of halogens is 1. The van der Waals surface area contributed by atoms with Crippen LogP contribution in [0.1, 0.15) is 10.6 Å². The molecule has 27 heavy (non-hydrogen) atoms. The van der Waals surface area contributed by atoms with Crippen LogP contribution in [0.4, 0.5) is 11.4 Å². The summed E-state index contributed by atoms with van der Waals surface area (Å²) in [5.74, 6) is 0.0255. The molecular formula is C17H20ClN7O2. The molecule has 1 aliphatic heterocycles. The van der Waals surface area contributed by atoms with E-state index in [-0.39, 0.29) is 17.8 Å². The van der Waals surface area contributed by atoms with E-state index in [1.165, 1.54) is 6.26 Å². The molecule has 0 radical (unpaired) electrons. The third-order valence-corrected chi connectivity index (χ3v) is 4.36. The standard InChI is InChI=1S/C17H20ClN7O2/c18-12-10-11(22-17(21)23-16(19)20)3-4-13(12)24-5-7-25(8-6-24)15(26)14-2-1-9-27-14/h1-4,9-10H,5-8H2,(H6,19,20,21,22,23). The molecule has 0 atom stereocenters. The number of hydrogen-bond acceptors (Lipinski definition) is 4. The first-order valence-electron chi connectivity index (χ1n) is 8.25. The van der Waals surface area contributed by atoms with Crippen LogP contribution < -0.4 is 22.1 Å². The van der Waals surface area contributed by atoms with E-state index < -0.39 is 0 Å². The van der Waals surface area contributed by atoms with E-state index in [1.54, 1.807) is 29.2 Å². The summed E-state index contributed by atoms with van der Waals surface area (Å²) >= 11 is 6.40. The highest BCUT2D eigenvalue weighted by Gasteiger charge is 2.24. The Labute approximate surface area is 161 Å². The average molecular weight is 390 g/mol. The lowest BCUT2D eigenvalue weighted by Gasteiger charge is -2.36. The van der Waals surface area contributed by atoms with Gasteiger partial charge in [-0.25, -0.2) is 4.99 Å². The first-order valence-corrected chi connectivity index (χ1v) is 8.63. The maximum Gasteiger partial charge on any atom is 0.289 e. The van der Waals surface area contributed by atoms with Gasteiger partial charge in [0.2, 0.25) is 5.96 Å². The van der Waals surface area contributed by atoms with Gasteiger partial charge in [-0.05, 0) is 30.3 Å². The third-order valence-electron chi connectivity index (χ3n) is 4.06. The van der Waals surface area contributed by atoms with E-state index in [1.807, 2.05) is 6.07 Å². The number of piperazine rings is 1. The smallest absolute Gasteiger partial charge is 0.289 e. The molecule has 10 heteroatoms. The van der Waals surface area contributed by atoms with Crippen molar-refractivity contribution in [2.45, 2.75) is 0 Å². The van der Waals surface area contributed by atoms with Gasteiger partial charge in [0.25, 0.3) is 5.91 Å². The van der Waals surface area contributed by atoms with Crippen molar-refractivity contribution < 1.29 is 9.21 Å². The Kier molecular flexibility index (Phi) is 5.51. The van der Waals surface area contributed by atoms with Gasteiger partial charge in [0.15, 0.2) is 11.7 Å². The average Bonchev–Trinajstić information content (AvgIpc) is 3.15. The van der Waals surface area contributed by atoms with Gasteiger partial charge in [-0.3, -0.25) is 4.79 Å². The summed E-state index contributed by atoms with van der Waals surface area (Å²) in [7, 11) is 0. The summed E-state index contributed by atoms with van der Waals surface area (Å²) in [4.78, 5) is 24.0. The van der Waals surface area contributed by atoms with Crippen LogP contribution in [0.25, 0.3) is 0 Å². The van der Waals surface area contributed by atoms with Crippen LogP contribution in [0.2, 0.25) is 5.02 Å². The molecule has 3 rings (SSSR count). The number of nitrogens with two attached hydrogens (primary N) is 3. The number of carbonyl (C=O) groups excluding carboxylic acids is 1. The minimum atomic E-state index is -0.166. The van der Waals surface area contributed by atoms with E-state index in [9.17, 15) is 4.79 Å². The van der Waals surface area contributed by atoms with Crippen LogP contribution in [-0.2, 0) is 0 Å². The van der Waals surface area contributed by atoms with Gasteiger partial charge in [-0.15, -0.1) is 0 Å². The second kappa shape index (κ2) is 8.00. The van der Waals surface area contributed by atoms with Crippen molar-refractivity contribution in [2.24, 2.45) is 27.2 Å². The Hall–Kier alpha value is -3.20. The molecule has 6 N–H and O–H groups in total. The number of furan rings is 1. The lowest BCUT2D eigenvalue weighted by Crippen LogP contribution is -2.48. The van der Waals surface area contributed by atoms with Gasteiger partial charge in [0, 0.05) is 26.2 Å². The monoisotopic (exact) mass is 389 g/mol. The molecule has 1 amide bonds. The maximum absolute atomic E-state index is 12.3. The molecule has 1 aromatic carbocycles. The molecule has 142 valence electrons. The van der Waals surface area contributed by atoms with Gasteiger partial charge in [-0.2, -0.15) is 4.99 Å². The predicted octanol–water partition coefficient (Wildman–Crippen LogP) is 1.12. The van der Waals surface area contributed by atoms with E-state index in [0.29, 0.717) is 42.6 Å². The summed E-state index contributed by atoms with van der Waals surface area (Å²) in [6.07, 6.45) is 1.49. The maximum atomic E-state index is 12.3. The number of hydrogen-bond donors (Lipinski definition) is 3. The molecule has 1 aliphatic rings. The van der Waals surface area contributed by atoms with Crippen LogP contribution in [0.15, 0.2) is 51.0 Å². The molecule has 1 fully saturated rings. The van der Waals surface area contributed by atoms with E-state index in [2.05, 4.69) is 14.9 Å². The zero-order valence-corrected chi connectivity index (χ0v) is 15.3. The van der Waals surface area contributed by atoms with Crippen LogP contribution >= 0.6 is 11.6 Å². The fourth-order valence-corrected chi connectivity index (χ4v) is 3.11. The number of guanidine groups is 2.